The molecule has 126 valence electrons. The largest absolute Gasteiger partial charge is 0.506 e. The van der Waals surface area contributed by atoms with Crippen molar-refractivity contribution in [3.63, 3.8) is 0 Å². The molecule has 5 nitrogen and oxygen atoms in total. The van der Waals surface area contributed by atoms with Gasteiger partial charge in [-0.05, 0) is 31.2 Å². The van der Waals surface area contributed by atoms with Crippen LogP contribution in [-0.2, 0) is 4.79 Å². The van der Waals surface area contributed by atoms with Crippen LogP contribution in [0.3, 0.4) is 0 Å². The Morgan fingerprint density at radius 2 is 1.62 bits per heavy atom. The highest BCUT2D eigenvalue weighted by atomic mass is 16.5. The van der Waals surface area contributed by atoms with E-state index in [1.54, 1.807) is 19.1 Å². The van der Waals surface area contributed by atoms with E-state index >= 15 is 0 Å². The quantitative estimate of drug-likeness (QED) is 0.938. The van der Waals surface area contributed by atoms with Gasteiger partial charge in [0.15, 0.2) is 6.10 Å². The van der Waals surface area contributed by atoms with E-state index in [9.17, 15) is 9.90 Å². The molecule has 1 aliphatic rings. The molecule has 2 aromatic rings. The standard InChI is InChI=1S/C19H22N2O3/c1-15(24-16-7-3-2-4-8-16)19(23)21-13-11-20(12-14-21)17-9-5-6-10-18(17)22/h2-10,15,22H,11-14H2,1H3. The van der Waals surface area contributed by atoms with Gasteiger partial charge in [-0.3, -0.25) is 4.79 Å². The number of para-hydroxylation sites is 3. The Morgan fingerprint density at radius 3 is 2.29 bits per heavy atom. The number of amides is 1. The first kappa shape index (κ1) is 16.2. The summed E-state index contributed by atoms with van der Waals surface area (Å²) < 4.78 is 5.72. The summed E-state index contributed by atoms with van der Waals surface area (Å²) in [6.45, 7) is 4.42. The summed E-state index contributed by atoms with van der Waals surface area (Å²) in [6, 6.07) is 16.7. The number of anilines is 1. The number of hydrogen-bond acceptors (Lipinski definition) is 4. The van der Waals surface area contributed by atoms with Gasteiger partial charge in [0.05, 0.1) is 5.69 Å². The number of aromatic hydroxyl groups is 1. The minimum absolute atomic E-state index is 0.00390. The number of ether oxygens (including phenoxy) is 1. The summed E-state index contributed by atoms with van der Waals surface area (Å²) in [4.78, 5) is 16.5. The molecule has 0 bridgehead atoms. The normalized spacial score (nSPS) is 15.9. The van der Waals surface area contributed by atoms with Gasteiger partial charge < -0.3 is 19.6 Å². The maximum absolute atomic E-state index is 12.5. The first-order valence-electron chi connectivity index (χ1n) is 8.18. The molecule has 3 rings (SSSR count). The van der Waals surface area contributed by atoms with Crippen LogP contribution in [0.4, 0.5) is 5.69 Å². The average molecular weight is 326 g/mol. The number of phenolic OH excluding ortho intramolecular Hbond substituents is 1. The number of nitrogens with zero attached hydrogens (tertiary/aromatic N) is 2. The summed E-state index contributed by atoms with van der Waals surface area (Å²) >= 11 is 0. The average Bonchev–Trinajstić information content (AvgIpc) is 2.62. The fourth-order valence-electron chi connectivity index (χ4n) is 2.91. The van der Waals surface area contributed by atoms with Crippen LogP contribution in [0, 0.1) is 0 Å². The van der Waals surface area contributed by atoms with Crippen molar-refractivity contribution >= 4 is 11.6 Å². The summed E-state index contributed by atoms with van der Waals surface area (Å²) in [5.41, 5.74) is 0.818. The van der Waals surface area contributed by atoms with Crippen molar-refractivity contribution in [2.24, 2.45) is 0 Å². The minimum Gasteiger partial charge on any atom is -0.506 e. The Kier molecular flexibility index (Phi) is 4.89. The lowest BCUT2D eigenvalue weighted by Gasteiger charge is -2.37. The van der Waals surface area contributed by atoms with Crippen LogP contribution in [0.1, 0.15) is 6.92 Å². The zero-order chi connectivity index (χ0) is 16.9. The molecule has 1 fully saturated rings. The molecule has 0 aliphatic carbocycles. The van der Waals surface area contributed by atoms with Crippen LogP contribution >= 0.6 is 0 Å². The van der Waals surface area contributed by atoms with Gasteiger partial charge in [-0.2, -0.15) is 0 Å². The van der Waals surface area contributed by atoms with E-state index in [-0.39, 0.29) is 11.7 Å². The second kappa shape index (κ2) is 7.25. The molecule has 1 heterocycles. The second-order valence-corrected chi connectivity index (χ2v) is 5.87. The van der Waals surface area contributed by atoms with Crippen LogP contribution in [0.15, 0.2) is 54.6 Å². The molecule has 24 heavy (non-hydrogen) atoms. The van der Waals surface area contributed by atoms with Gasteiger partial charge in [0.25, 0.3) is 5.91 Å². The number of phenols is 1. The fourth-order valence-corrected chi connectivity index (χ4v) is 2.91. The van der Waals surface area contributed by atoms with Crippen LogP contribution in [0.5, 0.6) is 11.5 Å². The van der Waals surface area contributed by atoms with Gasteiger partial charge in [-0.1, -0.05) is 30.3 Å². The van der Waals surface area contributed by atoms with Crippen molar-refractivity contribution in [2.45, 2.75) is 13.0 Å². The molecule has 2 aromatic carbocycles. The lowest BCUT2D eigenvalue weighted by molar-refractivity contribution is -0.138. The molecular weight excluding hydrogens is 304 g/mol. The summed E-state index contributed by atoms with van der Waals surface area (Å²) in [5, 5.41) is 9.95. The fraction of sp³-hybridized carbons (Fsp3) is 0.316. The van der Waals surface area contributed by atoms with Crippen molar-refractivity contribution in [2.75, 3.05) is 31.1 Å². The van der Waals surface area contributed by atoms with Gasteiger partial charge in [0.1, 0.15) is 11.5 Å². The molecule has 5 heteroatoms. The maximum atomic E-state index is 12.5. The monoisotopic (exact) mass is 326 g/mol. The summed E-state index contributed by atoms with van der Waals surface area (Å²) in [7, 11) is 0. The van der Waals surface area contributed by atoms with Gasteiger partial charge in [-0.15, -0.1) is 0 Å². The van der Waals surface area contributed by atoms with Crippen LogP contribution in [0.2, 0.25) is 0 Å². The molecule has 0 radical (unpaired) electrons. The predicted molar refractivity (Wildman–Crippen MR) is 93.4 cm³/mol. The van der Waals surface area contributed by atoms with Crippen molar-refractivity contribution in [3.8, 4) is 11.5 Å². The third-order valence-electron chi connectivity index (χ3n) is 4.22. The Hall–Kier alpha value is -2.69. The van der Waals surface area contributed by atoms with Crippen molar-refractivity contribution in [1.29, 1.82) is 0 Å². The molecule has 1 saturated heterocycles. The highest BCUT2D eigenvalue weighted by Crippen LogP contribution is 2.27. The highest BCUT2D eigenvalue weighted by molar-refractivity contribution is 5.81. The van der Waals surface area contributed by atoms with E-state index in [2.05, 4.69) is 4.90 Å². The van der Waals surface area contributed by atoms with Gasteiger partial charge in [0, 0.05) is 26.2 Å². The van der Waals surface area contributed by atoms with Crippen molar-refractivity contribution in [3.05, 3.63) is 54.6 Å². The van der Waals surface area contributed by atoms with Gasteiger partial charge in [0.2, 0.25) is 0 Å². The Morgan fingerprint density at radius 1 is 1.00 bits per heavy atom. The number of carbonyl (C=O) groups is 1. The minimum atomic E-state index is -0.510. The van der Waals surface area contributed by atoms with E-state index in [0.29, 0.717) is 31.9 Å². The van der Waals surface area contributed by atoms with Crippen LogP contribution in [0.25, 0.3) is 0 Å². The number of carbonyl (C=O) groups excluding carboxylic acids is 1. The molecule has 1 atom stereocenters. The number of benzene rings is 2. The first-order chi connectivity index (χ1) is 11.6. The Bertz CT molecular complexity index is 682. The SMILES string of the molecule is CC(Oc1ccccc1)C(=O)N1CCN(c2ccccc2O)CC1. The Labute approximate surface area is 142 Å². The van der Waals surface area contributed by atoms with Crippen LogP contribution < -0.4 is 9.64 Å². The van der Waals surface area contributed by atoms with E-state index in [1.807, 2.05) is 47.4 Å². The van der Waals surface area contributed by atoms with E-state index in [1.165, 1.54) is 0 Å². The molecule has 1 amide bonds. The summed E-state index contributed by atoms with van der Waals surface area (Å²) in [5.74, 6) is 0.972. The maximum Gasteiger partial charge on any atom is 0.263 e. The molecule has 0 aromatic heterocycles. The molecule has 1 aliphatic heterocycles. The Balaban J connectivity index is 1.56. The highest BCUT2D eigenvalue weighted by Gasteiger charge is 2.26. The predicted octanol–water partition coefficient (Wildman–Crippen LogP) is 2.51. The van der Waals surface area contributed by atoms with E-state index in [0.717, 1.165) is 5.69 Å². The second-order valence-electron chi connectivity index (χ2n) is 5.87. The van der Waals surface area contributed by atoms with Crippen LogP contribution in [-0.4, -0.2) is 48.2 Å². The molecular formula is C19H22N2O3. The van der Waals surface area contributed by atoms with E-state index < -0.39 is 6.10 Å². The number of piperazine rings is 1. The number of hydrogen-bond donors (Lipinski definition) is 1. The smallest absolute Gasteiger partial charge is 0.263 e. The molecule has 1 N–H and O–H groups in total. The third kappa shape index (κ3) is 3.62. The lowest BCUT2D eigenvalue weighted by Crippen LogP contribution is -2.52. The van der Waals surface area contributed by atoms with Crippen molar-refractivity contribution in [1.82, 2.24) is 4.90 Å². The molecule has 1 unspecified atom stereocenters. The topological polar surface area (TPSA) is 53.0 Å². The third-order valence-corrected chi connectivity index (χ3v) is 4.22. The summed E-state index contributed by atoms with van der Waals surface area (Å²) in [6.07, 6.45) is -0.510. The zero-order valence-electron chi connectivity index (χ0n) is 13.8. The zero-order valence-corrected chi connectivity index (χ0v) is 13.8. The van der Waals surface area contributed by atoms with E-state index in [4.69, 9.17) is 4.74 Å². The molecule has 0 spiro atoms. The van der Waals surface area contributed by atoms with Crippen molar-refractivity contribution < 1.29 is 14.6 Å². The van der Waals surface area contributed by atoms with Gasteiger partial charge in [-0.25, -0.2) is 0 Å². The first-order valence-corrected chi connectivity index (χ1v) is 8.18. The lowest BCUT2D eigenvalue weighted by atomic mass is 10.2. The molecule has 0 saturated carbocycles. The number of rotatable bonds is 4. The van der Waals surface area contributed by atoms with Gasteiger partial charge >= 0.3 is 0 Å².